The van der Waals surface area contributed by atoms with Gasteiger partial charge in [0.05, 0.1) is 18.5 Å². The molecule has 3 rings (SSSR count). The van der Waals surface area contributed by atoms with E-state index < -0.39 is 28.8 Å². The van der Waals surface area contributed by atoms with Gasteiger partial charge in [-0.3, -0.25) is 0 Å². The standard InChI is InChI=1S/C15H15F3N2O4S/c16-15(17,18)10-24-14-6-5-11(9-19-14)25(21,22)20-7-1-3-12(20)13-4-2-8-23-13/h2,4-6,8-9,12H,1,3,7,10H2/t12-/m0/s1. The van der Waals surface area contributed by atoms with Gasteiger partial charge in [-0.15, -0.1) is 0 Å². The Hall–Kier alpha value is -2.07. The highest BCUT2D eigenvalue weighted by Crippen LogP contribution is 2.36. The van der Waals surface area contributed by atoms with Crippen LogP contribution in [0, 0.1) is 0 Å². The Balaban J connectivity index is 1.78. The predicted octanol–water partition coefficient (Wildman–Crippen LogP) is 3.14. The van der Waals surface area contributed by atoms with Crippen LogP contribution in [0.4, 0.5) is 13.2 Å². The van der Waals surface area contributed by atoms with Gasteiger partial charge in [0.15, 0.2) is 6.61 Å². The first-order valence-corrected chi connectivity index (χ1v) is 8.92. The second kappa shape index (κ2) is 6.68. The fraction of sp³-hybridized carbons (Fsp3) is 0.400. The summed E-state index contributed by atoms with van der Waals surface area (Å²) in [4.78, 5) is 3.55. The van der Waals surface area contributed by atoms with Crippen molar-refractivity contribution in [2.45, 2.75) is 30.0 Å². The smallest absolute Gasteiger partial charge is 0.422 e. The Morgan fingerprint density at radius 3 is 2.72 bits per heavy atom. The number of nitrogens with zero attached hydrogens (tertiary/aromatic N) is 2. The van der Waals surface area contributed by atoms with Gasteiger partial charge in [-0.2, -0.15) is 17.5 Å². The Morgan fingerprint density at radius 1 is 1.32 bits per heavy atom. The van der Waals surface area contributed by atoms with Crippen molar-refractivity contribution in [1.82, 2.24) is 9.29 Å². The lowest BCUT2D eigenvalue weighted by atomic mass is 10.2. The van der Waals surface area contributed by atoms with Gasteiger partial charge in [0.25, 0.3) is 0 Å². The number of aromatic nitrogens is 1. The minimum atomic E-state index is -4.49. The normalized spacial score (nSPS) is 19.2. The molecule has 1 fully saturated rings. The van der Waals surface area contributed by atoms with Crippen LogP contribution >= 0.6 is 0 Å². The minimum absolute atomic E-state index is 0.106. The number of furan rings is 1. The summed E-state index contributed by atoms with van der Waals surface area (Å²) in [6, 6.07) is 5.29. The highest BCUT2D eigenvalue weighted by molar-refractivity contribution is 7.89. The SMILES string of the molecule is O=S(=O)(c1ccc(OCC(F)(F)F)nc1)N1CCC[C@H]1c1ccco1. The zero-order valence-corrected chi connectivity index (χ0v) is 13.8. The topological polar surface area (TPSA) is 72.6 Å². The molecule has 1 aliphatic rings. The molecule has 2 aromatic heterocycles. The first kappa shape index (κ1) is 17.7. The molecule has 1 aliphatic heterocycles. The van der Waals surface area contributed by atoms with Gasteiger partial charge < -0.3 is 9.15 Å². The molecule has 3 heterocycles. The van der Waals surface area contributed by atoms with Gasteiger partial charge in [0.2, 0.25) is 15.9 Å². The lowest BCUT2D eigenvalue weighted by molar-refractivity contribution is -0.154. The molecule has 0 N–H and O–H groups in total. The quantitative estimate of drug-likeness (QED) is 0.802. The summed E-state index contributed by atoms with van der Waals surface area (Å²) in [5, 5.41) is 0. The van der Waals surface area contributed by atoms with Gasteiger partial charge in [-0.25, -0.2) is 13.4 Å². The van der Waals surface area contributed by atoms with Crippen LogP contribution in [0.5, 0.6) is 5.88 Å². The Bertz CT molecular complexity index is 804. The van der Waals surface area contributed by atoms with E-state index in [2.05, 4.69) is 9.72 Å². The molecule has 0 unspecified atom stereocenters. The van der Waals surface area contributed by atoms with Gasteiger partial charge in [0.1, 0.15) is 10.7 Å². The van der Waals surface area contributed by atoms with Crippen molar-refractivity contribution >= 4 is 10.0 Å². The third-order valence-electron chi connectivity index (χ3n) is 3.77. The number of ether oxygens (including phenoxy) is 1. The zero-order valence-electron chi connectivity index (χ0n) is 12.9. The summed E-state index contributed by atoms with van der Waals surface area (Å²) in [7, 11) is -3.84. The van der Waals surface area contributed by atoms with E-state index in [-0.39, 0.29) is 10.8 Å². The summed E-state index contributed by atoms with van der Waals surface area (Å²) in [6.45, 7) is -1.15. The van der Waals surface area contributed by atoms with Crippen molar-refractivity contribution in [3.05, 3.63) is 42.5 Å². The van der Waals surface area contributed by atoms with Crippen molar-refractivity contribution in [3.63, 3.8) is 0 Å². The van der Waals surface area contributed by atoms with E-state index >= 15 is 0 Å². The molecular formula is C15H15F3N2O4S. The monoisotopic (exact) mass is 376 g/mol. The molecule has 1 saturated heterocycles. The maximum atomic E-state index is 12.8. The van der Waals surface area contributed by atoms with Gasteiger partial charge >= 0.3 is 6.18 Å². The summed E-state index contributed by atoms with van der Waals surface area (Å²) in [6.07, 6.45) is -0.693. The molecule has 10 heteroatoms. The molecular weight excluding hydrogens is 361 g/mol. The number of halogens is 3. The second-order valence-electron chi connectivity index (χ2n) is 5.53. The molecule has 0 aromatic carbocycles. The lowest BCUT2D eigenvalue weighted by Crippen LogP contribution is -2.30. The number of hydrogen-bond acceptors (Lipinski definition) is 5. The maximum absolute atomic E-state index is 12.8. The van der Waals surface area contributed by atoms with Crippen LogP contribution in [-0.2, 0) is 10.0 Å². The van der Waals surface area contributed by atoms with Crippen molar-refractivity contribution in [1.29, 1.82) is 0 Å². The number of pyridine rings is 1. The Morgan fingerprint density at radius 2 is 2.12 bits per heavy atom. The molecule has 6 nitrogen and oxygen atoms in total. The first-order chi connectivity index (χ1) is 11.8. The van der Waals surface area contributed by atoms with Gasteiger partial charge in [-0.1, -0.05) is 0 Å². The summed E-state index contributed by atoms with van der Waals surface area (Å²) >= 11 is 0. The molecule has 0 spiro atoms. The van der Waals surface area contributed by atoms with Crippen molar-refractivity contribution < 1.29 is 30.7 Å². The first-order valence-electron chi connectivity index (χ1n) is 7.48. The molecule has 2 aromatic rings. The van der Waals surface area contributed by atoms with Crippen LogP contribution < -0.4 is 4.74 Å². The Labute approximate surface area is 142 Å². The number of alkyl halides is 3. The fourth-order valence-corrected chi connectivity index (χ4v) is 4.30. The molecule has 25 heavy (non-hydrogen) atoms. The number of sulfonamides is 1. The number of hydrogen-bond donors (Lipinski definition) is 0. The van der Waals surface area contributed by atoms with E-state index in [9.17, 15) is 21.6 Å². The van der Waals surface area contributed by atoms with Crippen LogP contribution in [-0.4, -0.2) is 37.0 Å². The summed E-state index contributed by atoms with van der Waals surface area (Å²) in [5.74, 6) is 0.263. The summed E-state index contributed by atoms with van der Waals surface area (Å²) < 4.78 is 73.1. The van der Waals surface area contributed by atoms with E-state index in [0.29, 0.717) is 25.1 Å². The Kier molecular flexibility index (Phi) is 4.74. The minimum Gasteiger partial charge on any atom is -0.468 e. The highest BCUT2D eigenvalue weighted by atomic mass is 32.2. The van der Waals surface area contributed by atoms with Gasteiger partial charge in [-0.05, 0) is 31.0 Å². The fourth-order valence-electron chi connectivity index (χ4n) is 2.69. The average molecular weight is 376 g/mol. The van der Waals surface area contributed by atoms with Crippen LogP contribution in [0.15, 0.2) is 46.0 Å². The molecule has 0 bridgehead atoms. The molecule has 1 atom stereocenters. The van der Waals surface area contributed by atoms with E-state index in [1.807, 2.05) is 0 Å². The maximum Gasteiger partial charge on any atom is 0.422 e. The van der Waals surface area contributed by atoms with E-state index in [0.717, 1.165) is 12.3 Å². The van der Waals surface area contributed by atoms with Crippen LogP contribution in [0.3, 0.4) is 0 Å². The van der Waals surface area contributed by atoms with Gasteiger partial charge in [0, 0.05) is 12.6 Å². The van der Waals surface area contributed by atoms with Crippen LogP contribution in [0.1, 0.15) is 24.6 Å². The molecule has 0 amide bonds. The largest absolute Gasteiger partial charge is 0.468 e. The van der Waals surface area contributed by atoms with Crippen molar-refractivity contribution in [3.8, 4) is 5.88 Å². The highest BCUT2D eigenvalue weighted by Gasteiger charge is 2.37. The molecule has 0 radical (unpaired) electrons. The molecule has 0 aliphatic carbocycles. The molecule has 136 valence electrons. The van der Waals surface area contributed by atoms with E-state index in [1.54, 1.807) is 12.1 Å². The number of rotatable bonds is 5. The zero-order chi connectivity index (χ0) is 18.1. The lowest BCUT2D eigenvalue weighted by Gasteiger charge is -2.22. The third kappa shape index (κ3) is 3.96. The van der Waals surface area contributed by atoms with Crippen molar-refractivity contribution in [2.75, 3.05) is 13.2 Å². The van der Waals surface area contributed by atoms with Crippen LogP contribution in [0.25, 0.3) is 0 Å². The van der Waals surface area contributed by atoms with E-state index in [1.165, 1.54) is 16.6 Å². The summed E-state index contributed by atoms with van der Waals surface area (Å²) in [5.41, 5.74) is 0. The van der Waals surface area contributed by atoms with Crippen LogP contribution in [0.2, 0.25) is 0 Å². The third-order valence-corrected chi connectivity index (χ3v) is 5.67. The predicted molar refractivity (Wildman–Crippen MR) is 80.4 cm³/mol. The second-order valence-corrected chi connectivity index (χ2v) is 7.42. The van der Waals surface area contributed by atoms with E-state index in [4.69, 9.17) is 4.42 Å². The average Bonchev–Trinajstić information content (AvgIpc) is 3.23. The molecule has 0 saturated carbocycles. The van der Waals surface area contributed by atoms with Crippen molar-refractivity contribution in [2.24, 2.45) is 0 Å².